The summed E-state index contributed by atoms with van der Waals surface area (Å²) >= 11 is 6.00. The Kier molecular flexibility index (Phi) is 4.59. The van der Waals surface area contributed by atoms with Crippen LogP contribution in [0.15, 0.2) is 36.4 Å². The summed E-state index contributed by atoms with van der Waals surface area (Å²) in [6, 6.07) is 8.37. The second kappa shape index (κ2) is 6.41. The van der Waals surface area contributed by atoms with Crippen LogP contribution >= 0.6 is 11.6 Å². The van der Waals surface area contributed by atoms with E-state index in [0.717, 1.165) is 0 Å². The molecule has 110 valence electrons. The molecule has 0 bridgehead atoms. The first-order valence-electron chi connectivity index (χ1n) is 6.01. The Hall–Kier alpha value is -2.34. The molecule has 5 nitrogen and oxygen atoms in total. The first-order chi connectivity index (χ1) is 10.0. The highest BCUT2D eigenvalue weighted by molar-refractivity contribution is 6.31. The van der Waals surface area contributed by atoms with Gasteiger partial charge in [0.05, 0.1) is 22.7 Å². The van der Waals surface area contributed by atoms with Gasteiger partial charge in [0.15, 0.2) is 0 Å². The van der Waals surface area contributed by atoms with Crippen LogP contribution in [-0.4, -0.2) is 12.0 Å². The summed E-state index contributed by atoms with van der Waals surface area (Å²) in [6.07, 6.45) is 0. The van der Waals surface area contributed by atoms with Gasteiger partial charge in [0.1, 0.15) is 11.6 Å². The Labute approximate surface area is 125 Å². The van der Waals surface area contributed by atoms with Crippen LogP contribution in [0.4, 0.5) is 15.8 Å². The fourth-order valence-electron chi connectivity index (χ4n) is 1.79. The molecule has 0 amide bonds. The molecule has 0 aliphatic heterocycles. The molecule has 21 heavy (non-hydrogen) atoms. The van der Waals surface area contributed by atoms with Crippen LogP contribution < -0.4 is 10.1 Å². The van der Waals surface area contributed by atoms with Crippen LogP contribution in [-0.2, 0) is 6.54 Å². The number of ether oxygens (including phenoxy) is 1. The highest BCUT2D eigenvalue weighted by atomic mass is 35.5. The highest BCUT2D eigenvalue weighted by Crippen LogP contribution is 2.27. The molecule has 0 aliphatic carbocycles. The zero-order valence-corrected chi connectivity index (χ0v) is 11.9. The number of halogens is 2. The Morgan fingerprint density at radius 1 is 1.33 bits per heavy atom. The van der Waals surface area contributed by atoms with Gasteiger partial charge in [0.25, 0.3) is 5.69 Å². The van der Waals surface area contributed by atoms with Gasteiger partial charge in [0, 0.05) is 24.7 Å². The molecule has 0 radical (unpaired) electrons. The predicted octanol–water partition coefficient (Wildman–Crippen LogP) is 4.01. The molecule has 0 saturated carbocycles. The smallest absolute Gasteiger partial charge is 0.270 e. The zero-order chi connectivity index (χ0) is 15.4. The Morgan fingerprint density at radius 3 is 2.71 bits per heavy atom. The van der Waals surface area contributed by atoms with Crippen molar-refractivity contribution in [1.29, 1.82) is 0 Å². The van der Waals surface area contributed by atoms with Gasteiger partial charge in [-0.25, -0.2) is 4.39 Å². The molecule has 0 aromatic heterocycles. The number of nitro groups is 1. The molecule has 0 saturated heterocycles. The maximum absolute atomic E-state index is 13.1. The average molecular weight is 311 g/mol. The molecule has 0 atom stereocenters. The average Bonchev–Trinajstić information content (AvgIpc) is 2.46. The van der Waals surface area contributed by atoms with Crippen molar-refractivity contribution in [1.82, 2.24) is 0 Å². The lowest BCUT2D eigenvalue weighted by Crippen LogP contribution is -2.02. The molecule has 0 spiro atoms. The van der Waals surface area contributed by atoms with E-state index >= 15 is 0 Å². The van der Waals surface area contributed by atoms with E-state index < -0.39 is 10.7 Å². The number of benzene rings is 2. The van der Waals surface area contributed by atoms with Crippen LogP contribution in [0.1, 0.15) is 5.56 Å². The highest BCUT2D eigenvalue weighted by Gasteiger charge is 2.10. The van der Waals surface area contributed by atoms with Crippen molar-refractivity contribution < 1.29 is 14.1 Å². The molecule has 2 rings (SSSR count). The van der Waals surface area contributed by atoms with Crippen molar-refractivity contribution >= 4 is 23.0 Å². The van der Waals surface area contributed by atoms with E-state index in [2.05, 4.69) is 5.32 Å². The SMILES string of the molecule is COc1cc(F)ccc1NCc1ccc([N+](=O)[O-])cc1Cl. The minimum atomic E-state index is -0.508. The number of hydrogen-bond donors (Lipinski definition) is 1. The summed E-state index contributed by atoms with van der Waals surface area (Å²) in [6.45, 7) is 0.332. The summed E-state index contributed by atoms with van der Waals surface area (Å²) in [7, 11) is 1.44. The normalized spacial score (nSPS) is 10.2. The Morgan fingerprint density at radius 2 is 2.10 bits per heavy atom. The number of rotatable bonds is 5. The maximum Gasteiger partial charge on any atom is 0.270 e. The third-order valence-corrected chi connectivity index (χ3v) is 3.23. The number of nitrogens with one attached hydrogen (secondary N) is 1. The van der Waals surface area contributed by atoms with Crippen LogP contribution in [0.3, 0.4) is 0 Å². The largest absolute Gasteiger partial charge is 0.494 e. The molecule has 2 aromatic rings. The minimum Gasteiger partial charge on any atom is -0.494 e. The third-order valence-electron chi connectivity index (χ3n) is 2.88. The molecule has 0 aliphatic rings. The summed E-state index contributed by atoms with van der Waals surface area (Å²) in [4.78, 5) is 10.1. The molecule has 2 aromatic carbocycles. The summed E-state index contributed by atoms with van der Waals surface area (Å²) in [5.74, 6) is -0.0289. The maximum atomic E-state index is 13.1. The van der Waals surface area contributed by atoms with Crippen molar-refractivity contribution in [2.45, 2.75) is 6.54 Å². The van der Waals surface area contributed by atoms with Crippen LogP contribution in [0.25, 0.3) is 0 Å². The van der Waals surface area contributed by atoms with Crippen LogP contribution in [0.5, 0.6) is 5.75 Å². The standard InChI is InChI=1S/C14H12ClFN2O3/c1-21-14-6-10(16)3-5-13(14)17-8-9-2-4-11(18(19)20)7-12(9)15/h2-7,17H,8H2,1H3. The van der Waals surface area contributed by atoms with Crippen molar-refractivity contribution in [3.05, 3.63) is 62.9 Å². The van der Waals surface area contributed by atoms with E-state index in [4.69, 9.17) is 16.3 Å². The van der Waals surface area contributed by atoms with Gasteiger partial charge in [-0.15, -0.1) is 0 Å². The number of anilines is 1. The van der Waals surface area contributed by atoms with Gasteiger partial charge < -0.3 is 10.1 Å². The van der Waals surface area contributed by atoms with Crippen molar-refractivity contribution in [2.24, 2.45) is 0 Å². The molecule has 1 N–H and O–H groups in total. The van der Waals surface area contributed by atoms with E-state index in [0.29, 0.717) is 23.5 Å². The number of hydrogen-bond acceptors (Lipinski definition) is 4. The predicted molar refractivity (Wildman–Crippen MR) is 78.4 cm³/mol. The molecule has 0 fully saturated rings. The fraction of sp³-hybridized carbons (Fsp3) is 0.143. The molecule has 7 heteroatoms. The number of nitrogens with zero attached hydrogens (tertiary/aromatic N) is 1. The number of nitro benzene ring substituents is 1. The van der Waals surface area contributed by atoms with Gasteiger partial charge in [-0.1, -0.05) is 11.6 Å². The first kappa shape index (κ1) is 15.1. The molecular weight excluding hydrogens is 299 g/mol. The van der Waals surface area contributed by atoms with Crippen LogP contribution in [0.2, 0.25) is 5.02 Å². The van der Waals surface area contributed by atoms with Gasteiger partial charge in [-0.05, 0) is 23.8 Å². The van der Waals surface area contributed by atoms with E-state index in [1.807, 2.05) is 0 Å². The van der Waals surface area contributed by atoms with E-state index in [9.17, 15) is 14.5 Å². The lowest BCUT2D eigenvalue weighted by molar-refractivity contribution is -0.384. The second-order valence-corrected chi connectivity index (χ2v) is 4.64. The Balaban J connectivity index is 2.15. The zero-order valence-electron chi connectivity index (χ0n) is 11.1. The lowest BCUT2D eigenvalue weighted by Gasteiger charge is -2.12. The number of non-ortho nitro benzene ring substituents is 1. The van der Waals surface area contributed by atoms with E-state index in [1.165, 1.54) is 31.4 Å². The molecule has 0 unspecified atom stereocenters. The second-order valence-electron chi connectivity index (χ2n) is 4.23. The third kappa shape index (κ3) is 3.61. The molecule has 0 heterocycles. The van der Waals surface area contributed by atoms with Gasteiger partial charge >= 0.3 is 0 Å². The van der Waals surface area contributed by atoms with Gasteiger partial charge in [0.2, 0.25) is 0 Å². The van der Waals surface area contributed by atoms with Crippen LogP contribution in [0, 0.1) is 15.9 Å². The van der Waals surface area contributed by atoms with Gasteiger partial charge in [-0.3, -0.25) is 10.1 Å². The van der Waals surface area contributed by atoms with E-state index in [-0.39, 0.29) is 10.7 Å². The van der Waals surface area contributed by atoms with Crippen molar-refractivity contribution in [2.75, 3.05) is 12.4 Å². The van der Waals surface area contributed by atoms with Crippen molar-refractivity contribution in [3.8, 4) is 5.75 Å². The molecular formula is C14H12ClFN2O3. The van der Waals surface area contributed by atoms with Crippen molar-refractivity contribution in [3.63, 3.8) is 0 Å². The van der Waals surface area contributed by atoms with E-state index in [1.54, 1.807) is 12.1 Å². The van der Waals surface area contributed by atoms with Gasteiger partial charge in [-0.2, -0.15) is 0 Å². The lowest BCUT2D eigenvalue weighted by atomic mass is 10.2. The topological polar surface area (TPSA) is 64.4 Å². The summed E-state index contributed by atoms with van der Waals surface area (Å²) < 4.78 is 18.2. The summed E-state index contributed by atoms with van der Waals surface area (Å²) in [5, 5.41) is 14.0. The number of methoxy groups -OCH3 is 1. The quantitative estimate of drug-likeness (QED) is 0.669. The summed E-state index contributed by atoms with van der Waals surface area (Å²) in [5.41, 5.74) is 1.23. The fourth-order valence-corrected chi connectivity index (χ4v) is 2.04. The monoisotopic (exact) mass is 310 g/mol. The minimum absolute atomic E-state index is 0.0666. The Bertz CT molecular complexity index is 679. The first-order valence-corrected chi connectivity index (χ1v) is 6.39.